The normalized spacial score (nSPS) is 12.6. The fraction of sp³-hybridized carbons (Fsp3) is 0.417. The lowest BCUT2D eigenvalue weighted by molar-refractivity contribution is 0.0871. The Morgan fingerprint density at radius 1 is 1.41 bits per heavy atom. The third-order valence-electron chi connectivity index (χ3n) is 2.44. The second-order valence-electron chi connectivity index (χ2n) is 4.12. The fourth-order valence-corrected chi connectivity index (χ4v) is 1.59. The van der Waals surface area contributed by atoms with Crippen LogP contribution in [0.5, 0.6) is 0 Å². The van der Waals surface area contributed by atoms with Crippen molar-refractivity contribution in [3.63, 3.8) is 0 Å². The van der Waals surface area contributed by atoms with Crippen LogP contribution in [0, 0.1) is 5.92 Å². The molecule has 0 spiro atoms. The van der Waals surface area contributed by atoms with Crippen LogP contribution in [0.25, 0.3) is 0 Å². The number of carbonyl (C=O) groups excluding carboxylic acids is 1. The van der Waals surface area contributed by atoms with Crippen molar-refractivity contribution in [3.05, 3.63) is 33.8 Å². The zero-order valence-corrected chi connectivity index (χ0v) is 11.2. The molecule has 0 bridgehead atoms. The number of rotatable bonds is 4. The number of amides is 1. The molecular formula is C12H15Cl2NO2. The Bertz CT molecular complexity index is 407. The predicted molar refractivity (Wildman–Crippen MR) is 69.6 cm³/mol. The highest BCUT2D eigenvalue weighted by molar-refractivity contribution is 6.43. The molecule has 5 heteroatoms. The summed E-state index contributed by atoms with van der Waals surface area (Å²) in [6.45, 7) is 3.95. The molecule has 0 saturated heterocycles. The summed E-state index contributed by atoms with van der Waals surface area (Å²) in [5.41, 5.74) is 0.315. The Balaban J connectivity index is 2.68. The standard InChI is InChI=1S/C12H15Cl2NO2/c1-7(2)10(16)6-15-12(17)8-4-3-5-9(13)11(8)14/h3-5,7,10,16H,6H2,1-2H3,(H,15,17). The van der Waals surface area contributed by atoms with Crippen LogP contribution in [-0.2, 0) is 0 Å². The number of aliphatic hydroxyl groups is 1. The van der Waals surface area contributed by atoms with Gasteiger partial charge in [-0.05, 0) is 18.1 Å². The van der Waals surface area contributed by atoms with E-state index in [4.69, 9.17) is 23.2 Å². The van der Waals surface area contributed by atoms with Gasteiger partial charge in [-0.1, -0.05) is 43.1 Å². The maximum absolute atomic E-state index is 11.8. The third-order valence-corrected chi connectivity index (χ3v) is 3.26. The van der Waals surface area contributed by atoms with E-state index < -0.39 is 6.10 Å². The molecule has 1 rings (SSSR count). The number of carbonyl (C=O) groups is 1. The van der Waals surface area contributed by atoms with Crippen LogP contribution in [-0.4, -0.2) is 23.7 Å². The van der Waals surface area contributed by atoms with Gasteiger partial charge in [0.2, 0.25) is 0 Å². The van der Waals surface area contributed by atoms with Crippen molar-refractivity contribution in [2.75, 3.05) is 6.54 Å². The maximum atomic E-state index is 11.8. The predicted octanol–water partition coefficient (Wildman–Crippen LogP) is 2.74. The van der Waals surface area contributed by atoms with Gasteiger partial charge in [0, 0.05) is 6.54 Å². The van der Waals surface area contributed by atoms with E-state index in [1.165, 1.54) is 0 Å². The van der Waals surface area contributed by atoms with E-state index in [-0.39, 0.29) is 23.4 Å². The molecule has 0 aliphatic carbocycles. The minimum Gasteiger partial charge on any atom is -0.391 e. The molecule has 1 aromatic carbocycles. The molecule has 1 amide bonds. The highest BCUT2D eigenvalue weighted by atomic mass is 35.5. The zero-order valence-electron chi connectivity index (χ0n) is 9.71. The third kappa shape index (κ3) is 3.87. The summed E-state index contributed by atoms with van der Waals surface area (Å²) in [5.74, 6) is -0.248. The van der Waals surface area contributed by atoms with Gasteiger partial charge in [0.05, 0.1) is 21.7 Å². The quantitative estimate of drug-likeness (QED) is 0.888. The van der Waals surface area contributed by atoms with Gasteiger partial charge in [0.25, 0.3) is 5.91 Å². The van der Waals surface area contributed by atoms with Gasteiger partial charge in [-0.25, -0.2) is 0 Å². The first kappa shape index (κ1) is 14.3. The molecule has 1 unspecified atom stereocenters. The lowest BCUT2D eigenvalue weighted by Gasteiger charge is -2.15. The smallest absolute Gasteiger partial charge is 0.252 e. The molecule has 0 aromatic heterocycles. The zero-order chi connectivity index (χ0) is 13.0. The molecule has 1 atom stereocenters. The van der Waals surface area contributed by atoms with Gasteiger partial charge in [0.1, 0.15) is 0 Å². The number of hydrogen-bond donors (Lipinski definition) is 2. The molecule has 1 aromatic rings. The number of aliphatic hydroxyl groups excluding tert-OH is 1. The molecular weight excluding hydrogens is 261 g/mol. The number of benzene rings is 1. The summed E-state index contributed by atoms with van der Waals surface area (Å²) in [7, 11) is 0. The van der Waals surface area contributed by atoms with Crippen LogP contribution < -0.4 is 5.32 Å². The summed E-state index contributed by atoms with van der Waals surface area (Å²) < 4.78 is 0. The lowest BCUT2D eigenvalue weighted by Crippen LogP contribution is -2.34. The summed E-state index contributed by atoms with van der Waals surface area (Å²) in [6.07, 6.45) is -0.572. The summed E-state index contributed by atoms with van der Waals surface area (Å²) in [4.78, 5) is 11.8. The number of nitrogens with one attached hydrogen (secondary N) is 1. The summed E-state index contributed by atoms with van der Waals surface area (Å²) >= 11 is 11.7. The SMILES string of the molecule is CC(C)C(O)CNC(=O)c1cccc(Cl)c1Cl. The fourth-order valence-electron chi connectivity index (χ4n) is 1.21. The highest BCUT2D eigenvalue weighted by Crippen LogP contribution is 2.25. The van der Waals surface area contributed by atoms with Crippen molar-refractivity contribution in [1.29, 1.82) is 0 Å². The van der Waals surface area contributed by atoms with Crippen molar-refractivity contribution >= 4 is 29.1 Å². The first-order valence-corrected chi connectivity index (χ1v) is 6.09. The van der Waals surface area contributed by atoms with E-state index in [0.717, 1.165) is 0 Å². The van der Waals surface area contributed by atoms with Crippen molar-refractivity contribution in [2.45, 2.75) is 20.0 Å². The van der Waals surface area contributed by atoms with E-state index in [1.807, 2.05) is 13.8 Å². The largest absolute Gasteiger partial charge is 0.391 e. The van der Waals surface area contributed by atoms with Crippen LogP contribution in [0.3, 0.4) is 0 Å². The molecule has 17 heavy (non-hydrogen) atoms. The van der Waals surface area contributed by atoms with Gasteiger partial charge in [-0.15, -0.1) is 0 Å². The molecule has 0 heterocycles. The van der Waals surface area contributed by atoms with E-state index in [9.17, 15) is 9.90 Å². The first-order chi connectivity index (χ1) is 7.93. The minimum absolute atomic E-state index is 0.0881. The van der Waals surface area contributed by atoms with Crippen molar-refractivity contribution in [3.8, 4) is 0 Å². The average Bonchev–Trinajstić information content (AvgIpc) is 2.29. The molecule has 94 valence electrons. The topological polar surface area (TPSA) is 49.3 Å². The Labute approximate surface area is 111 Å². The van der Waals surface area contributed by atoms with Crippen molar-refractivity contribution < 1.29 is 9.90 Å². The second kappa shape index (κ2) is 6.24. The molecule has 3 nitrogen and oxygen atoms in total. The van der Waals surface area contributed by atoms with Crippen LogP contribution in [0.15, 0.2) is 18.2 Å². The van der Waals surface area contributed by atoms with Gasteiger partial charge >= 0.3 is 0 Å². The van der Waals surface area contributed by atoms with Crippen molar-refractivity contribution in [2.24, 2.45) is 5.92 Å². The first-order valence-electron chi connectivity index (χ1n) is 5.33. The van der Waals surface area contributed by atoms with E-state index >= 15 is 0 Å². The molecule has 0 radical (unpaired) electrons. The van der Waals surface area contributed by atoms with Gasteiger partial charge in [-0.2, -0.15) is 0 Å². The number of halogens is 2. The molecule has 0 fully saturated rings. The summed E-state index contributed by atoms with van der Waals surface area (Å²) in [6, 6.07) is 4.86. The van der Waals surface area contributed by atoms with Crippen LogP contribution >= 0.6 is 23.2 Å². The van der Waals surface area contributed by atoms with Gasteiger partial charge in [0.15, 0.2) is 0 Å². The Hall–Kier alpha value is -0.770. The Kier molecular flexibility index (Phi) is 5.25. The highest BCUT2D eigenvalue weighted by Gasteiger charge is 2.15. The maximum Gasteiger partial charge on any atom is 0.252 e. The van der Waals surface area contributed by atoms with Gasteiger partial charge in [-0.3, -0.25) is 4.79 Å². The Morgan fingerprint density at radius 2 is 2.06 bits per heavy atom. The van der Waals surface area contributed by atoms with E-state index in [1.54, 1.807) is 18.2 Å². The molecule has 0 aliphatic heterocycles. The average molecular weight is 276 g/mol. The van der Waals surface area contributed by atoms with Crippen LogP contribution in [0.4, 0.5) is 0 Å². The van der Waals surface area contributed by atoms with Crippen molar-refractivity contribution in [1.82, 2.24) is 5.32 Å². The van der Waals surface area contributed by atoms with Gasteiger partial charge < -0.3 is 10.4 Å². The summed E-state index contributed by atoms with van der Waals surface area (Å²) in [5, 5.41) is 12.8. The second-order valence-corrected chi connectivity index (χ2v) is 4.91. The molecule has 0 saturated carbocycles. The lowest BCUT2D eigenvalue weighted by atomic mass is 10.1. The van der Waals surface area contributed by atoms with Crippen LogP contribution in [0.2, 0.25) is 10.0 Å². The monoisotopic (exact) mass is 275 g/mol. The number of hydrogen-bond acceptors (Lipinski definition) is 2. The minimum atomic E-state index is -0.572. The molecule has 0 aliphatic rings. The molecule has 2 N–H and O–H groups in total. The van der Waals surface area contributed by atoms with E-state index in [2.05, 4.69) is 5.32 Å². The van der Waals surface area contributed by atoms with Crippen LogP contribution in [0.1, 0.15) is 24.2 Å². The van der Waals surface area contributed by atoms with E-state index in [0.29, 0.717) is 10.6 Å². The Morgan fingerprint density at radius 3 is 2.65 bits per heavy atom.